The number of aromatic nitrogens is 1. The Kier molecular flexibility index (Phi) is 5.16. The first-order valence-corrected chi connectivity index (χ1v) is 14.1. The van der Waals surface area contributed by atoms with E-state index < -0.39 is 0 Å². The monoisotopic (exact) mass is 526 g/mol. The van der Waals surface area contributed by atoms with E-state index in [1.807, 2.05) is 42.1 Å². The highest BCUT2D eigenvalue weighted by Crippen LogP contribution is 2.47. The highest BCUT2D eigenvalue weighted by molar-refractivity contribution is 7.99. The van der Waals surface area contributed by atoms with Crippen molar-refractivity contribution >= 4 is 33.6 Å². The Labute approximate surface area is 236 Å². The molecule has 8 rings (SSSR count). The van der Waals surface area contributed by atoms with Crippen LogP contribution in [-0.4, -0.2) is 4.57 Å². The molecule has 0 radical (unpaired) electrons. The van der Waals surface area contributed by atoms with Crippen molar-refractivity contribution in [3.05, 3.63) is 139 Å². The summed E-state index contributed by atoms with van der Waals surface area (Å²) in [5.74, 6) is 0. The normalized spacial score (nSPS) is 11.9. The number of nitrogens with zero attached hydrogens (tertiary/aromatic N) is 2. The van der Waals surface area contributed by atoms with Gasteiger partial charge in [0.1, 0.15) is 0 Å². The Bertz CT molecular complexity index is 2150. The largest absolute Gasteiger partial charge is 0.307 e. The van der Waals surface area contributed by atoms with E-state index in [0.29, 0.717) is 5.56 Å². The van der Waals surface area contributed by atoms with E-state index in [2.05, 4.69) is 114 Å². The predicted octanol–water partition coefficient (Wildman–Crippen LogP) is 10.1. The van der Waals surface area contributed by atoms with Gasteiger partial charge in [-0.25, -0.2) is 0 Å². The number of para-hydroxylation sites is 2. The summed E-state index contributed by atoms with van der Waals surface area (Å²) in [5, 5.41) is 12.4. The van der Waals surface area contributed by atoms with E-state index in [1.54, 1.807) is 0 Å². The minimum Gasteiger partial charge on any atom is -0.307 e. The number of fused-ring (bicyclic) bond motifs is 5. The fourth-order valence-electron chi connectivity index (χ4n) is 5.95. The summed E-state index contributed by atoms with van der Waals surface area (Å²) in [5.41, 5.74) is 11.0. The zero-order valence-corrected chi connectivity index (χ0v) is 22.3. The lowest BCUT2D eigenvalue weighted by Crippen LogP contribution is -2.00. The van der Waals surface area contributed by atoms with Crippen LogP contribution in [0.1, 0.15) is 5.56 Å². The standard InChI is InChI=1S/C37H22N2S/c38-23-29-17-16-26(24-8-2-1-3-9-24)21-31(29)28-11-6-10-25(20-28)27-18-19-33-32(22-27)30-12-7-15-36-37(30)39(33)34-13-4-5-14-35(34)40-36/h1-22H. The summed E-state index contributed by atoms with van der Waals surface area (Å²) in [6.07, 6.45) is 0. The lowest BCUT2D eigenvalue weighted by Gasteiger charge is -2.19. The molecular formula is C37H22N2S. The van der Waals surface area contributed by atoms with E-state index in [4.69, 9.17) is 0 Å². The Morgan fingerprint density at radius 2 is 1.23 bits per heavy atom. The van der Waals surface area contributed by atoms with Crippen LogP contribution in [0.2, 0.25) is 0 Å². The van der Waals surface area contributed by atoms with Crippen LogP contribution in [0.4, 0.5) is 0 Å². The van der Waals surface area contributed by atoms with Crippen LogP contribution < -0.4 is 0 Å². The molecular weight excluding hydrogens is 504 g/mol. The van der Waals surface area contributed by atoms with Gasteiger partial charge in [-0.05, 0) is 76.3 Å². The summed E-state index contributed by atoms with van der Waals surface area (Å²) in [4.78, 5) is 2.57. The van der Waals surface area contributed by atoms with Gasteiger partial charge in [-0.3, -0.25) is 0 Å². The average molecular weight is 527 g/mol. The van der Waals surface area contributed by atoms with Crippen molar-refractivity contribution in [3.8, 4) is 45.1 Å². The van der Waals surface area contributed by atoms with Gasteiger partial charge < -0.3 is 4.57 Å². The topological polar surface area (TPSA) is 28.7 Å². The van der Waals surface area contributed by atoms with Crippen LogP contribution in [0.3, 0.4) is 0 Å². The van der Waals surface area contributed by atoms with Crippen molar-refractivity contribution in [1.29, 1.82) is 5.26 Å². The molecule has 0 N–H and O–H groups in total. The van der Waals surface area contributed by atoms with E-state index in [0.717, 1.165) is 33.4 Å². The third kappa shape index (κ3) is 3.51. The van der Waals surface area contributed by atoms with Crippen LogP contribution in [0, 0.1) is 11.3 Å². The van der Waals surface area contributed by atoms with Crippen molar-refractivity contribution in [2.75, 3.05) is 0 Å². The van der Waals surface area contributed by atoms with Crippen LogP contribution in [0.25, 0.3) is 60.9 Å². The maximum atomic E-state index is 9.92. The third-order valence-corrected chi connectivity index (χ3v) is 8.94. The van der Waals surface area contributed by atoms with Gasteiger partial charge in [0.05, 0.1) is 28.4 Å². The van der Waals surface area contributed by atoms with Gasteiger partial charge in [-0.2, -0.15) is 5.26 Å². The maximum absolute atomic E-state index is 9.92. The maximum Gasteiger partial charge on any atom is 0.0998 e. The van der Waals surface area contributed by atoms with Crippen molar-refractivity contribution in [2.24, 2.45) is 0 Å². The fraction of sp³-hybridized carbons (Fsp3) is 0. The van der Waals surface area contributed by atoms with E-state index in [1.165, 1.54) is 37.3 Å². The number of hydrogen-bond donors (Lipinski definition) is 0. The minimum absolute atomic E-state index is 0.678. The Morgan fingerprint density at radius 1 is 0.525 bits per heavy atom. The lowest BCUT2D eigenvalue weighted by molar-refractivity contribution is 1.09. The first kappa shape index (κ1) is 22.9. The summed E-state index contributed by atoms with van der Waals surface area (Å²) in [6.45, 7) is 0. The Hall–Kier alpha value is -5.04. The van der Waals surface area contributed by atoms with Crippen molar-refractivity contribution in [1.82, 2.24) is 4.57 Å². The second-order valence-electron chi connectivity index (χ2n) is 10.1. The molecule has 2 heterocycles. The van der Waals surface area contributed by atoms with Gasteiger partial charge in [0.15, 0.2) is 0 Å². The average Bonchev–Trinajstić information content (AvgIpc) is 3.36. The van der Waals surface area contributed by atoms with Crippen LogP contribution in [0.5, 0.6) is 0 Å². The molecule has 0 atom stereocenters. The molecule has 186 valence electrons. The third-order valence-electron chi connectivity index (χ3n) is 7.83. The SMILES string of the molecule is N#Cc1ccc(-c2ccccc2)cc1-c1cccc(-c2ccc3c(c2)c2cccc4c2n3-c2ccccc2S4)c1. The van der Waals surface area contributed by atoms with Crippen molar-refractivity contribution < 1.29 is 0 Å². The lowest BCUT2D eigenvalue weighted by atomic mass is 9.93. The highest BCUT2D eigenvalue weighted by Gasteiger charge is 2.22. The molecule has 1 aliphatic heterocycles. The van der Waals surface area contributed by atoms with Gasteiger partial charge in [0.25, 0.3) is 0 Å². The molecule has 0 saturated heterocycles. The molecule has 0 unspecified atom stereocenters. The molecule has 0 saturated carbocycles. The molecule has 1 aromatic heterocycles. The first-order chi connectivity index (χ1) is 19.8. The summed E-state index contributed by atoms with van der Waals surface area (Å²) in [6, 6.07) is 49.4. The molecule has 6 aromatic carbocycles. The fourth-order valence-corrected chi connectivity index (χ4v) is 7.05. The minimum atomic E-state index is 0.678. The van der Waals surface area contributed by atoms with Crippen LogP contribution in [-0.2, 0) is 0 Å². The number of benzene rings is 6. The van der Waals surface area contributed by atoms with Gasteiger partial charge in [0, 0.05) is 26.1 Å². The van der Waals surface area contributed by atoms with Gasteiger partial charge >= 0.3 is 0 Å². The Morgan fingerprint density at radius 3 is 2.12 bits per heavy atom. The molecule has 0 fully saturated rings. The summed E-state index contributed by atoms with van der Waals surface area (Å²) in [7, 11) is 0. The highest BCUT2D eigenvalue weighted by atomic mass is 32.2. The summed E-state index contributed by atoms with van der Waals surface area (Å²) >= 11 is 1.85. The molecule has 7 aromatic rings. The zero-order chi connectivity index (χ0) is 26.6. The van der Waals surface area contributed by atoms with Gasteiger partial charge in [-0.1, -0.05) is 96.7 Å². The quantitative estimate of drug-likeness (QED) is 0.229. The number of nitriles is 1. The second-order valence-corrected chi connectivity index (χ2v) is 11.2. The number of hydrogen-bond acceptors (Lipinski definition) is 2. The molecule has 40 heavy (non-hydrogen) atoms. The Balaban J connectivity index is 1.29. The molecule has 0 amide bonds. The second kappa shape index (κ2) is 9.02. The molecule has 0 bridgehead atoms. The van der Waals surface area contributed by atoms with Crippen LogP contribution in [0.15, 0.2) is 143 Å². The van der Waals surface area contributed by atoms with Crippen LogP contribution >= 0.6 is 11.8 Å². The number of rotatable bonds is 3. The van der Waals surface area contributed by atoms with E-state index in [-0.39, 0.29) is 0 Å². The van der Waals surface area contributed by atoms with E-state index >= 15 is 0 Å². The molecule has 3 heteroatoms. The van der Waals surface area contributed by atoms with Crippen molar-refractivity contribution in [2.45, 2.75) is 9.79 Å². The predicted molar refractivity (Wildman–Crippen MR) is 166 cm³/mol. The molecule has 1 aliphatic rings. The molecule has 0 spiro atoms. The first-order valence-electron chi connectivity index (χ1n) is 13.3. The van der Waals surface area contributed by atoms with Crippen molar-refractivity contribution in [3.63, 3.8) is 0 Å². The molecule has 0 aliphatic carbocycles. The smallest absolute Gasteiger partial charge is 0.0998 e. The van der Waals surface area contributed by atoms with E-state index in [9.17, 15) is 5.26 Å². The zero-order valence-electron chi connectivity index (χ0n) is 21.5. The summed E-state index contributed by atoms with van der Waals surface area (Å²) < 4.78 is 2.42. The van der Waals surface area contributed by atoms with Gasteiger partial charge in [-0.15, -0.1) is 0 Å². The van der Waals surface area contributed by atoms with Gasteiger partial charge in [0.2, 0.25) is 0 Å². The molecule has 2 nitrogen and oxygen atoms in total.